The minimum Gasteiger partial charge on any atom is -0.497 e. The van der Waals surface area contributed by atoms with Gasteiger partial charge in [0, 0.05) is 23.8 Å². The topological polar surface area (TPSA) is 56.5 Å². The maximum Gasteiger partial charge on any atom is 0.118 e. The fourth-order valence-corrected chi connectivity index (χ4v) is 3.71. The SMILES string of the molecule is CC(C)c1ccc(N)cc1.COc1ccc(CCl)cc1.COc1ccc(CNc2ccc(C(C)C)cc2)cc1. The molecule has 0 amide bonds. The minimum atomic E-state index is 0.560. The molecule has 3 N–H and O–H groups in total. The van der Waals surface area contributed by atoms with Crippen LogP contribution < -0.4 is 20.5 Å². The lowest BCUT2D eigenvalue weighted by molar-refractivity contribution is 0.414. The zero-order chi connectivity index (χ0) is 28.6. The van der Waals surface area contributed by atoms with Gasteiger partial charge in [0.05, 0.1) is 14.2 Å². The summed E-state index contributed by atoms with van der Waals surface area (Å²) < 4.78 is 10.1. The van der Waals surface area contributed by atoms with Crippen LogP contribution in [0.1, 0.15) is 61.8 Å². The van der Waals surface area contributed by atoms with Gasteiger partial charge in [0.15, 0.2) is 0 Å². The molecule has 208 valence electrons. The van der Waals surface area contributed by atoms with Gasteiger partial charge in [-0.05, 0) is 82.6 Å². The van der Waals surface area contributed by atoms with Crippen molar-refractivity contribution in [2.75, 3.05) is 25.3 Å². The Balaban J connectivity index is 0.000000225. The van der Waals surface area contributed by atoms with Gasteiger partial charge in [-0.25, -0.2) is 0 Å². The molecule has 4 rings (SSSR count). The van der Waals surface area contributed by atoms with E-state index in [1.54, 1.807) is 14.2 Å². The second-order valence-electron chi connectivity index (χ2n) is 9.78. The lowest BCUT2D eigenvalue weighted by atomic mass is 10.0. The number of hydrogen-bond donors (Lipinski definition) is 2. The summed E-state index contributed by atoms with van der Waals surface area (Å²) in [6, 6.07) is 32.5. The fraction of sp³-hybridized carbons (Fsp3) is 0.294. The third-order valence-electron chi connectivity index (χ3n) is 6.15. The Kier molecular flexibility index (Phi) is 13.8. The lowest BCUT2D eigenvalue weighted by Crippen LogP contribution is -1.99. The van der Waals surface area contributed by atoms with Crippen LogP contribution in [0.25, 0.3) is 0 Å². The molecule has 39 heavy (non-hydrogen) atoms. The van der Waals surface area contributed by atoms with Crippen molar-refractivity contribution in [3.05, 3.63) is 119 Å². The van der Waals surface area contributed by atoms with Crippen LogP contribution in [0.5, 0.6) is 11.5 Å². The maximum absolute atomic E-state index is 5.58. The predicted octanol–water partition coefficient (Wildman–Crippen LogP) is 9.26. The molecule has 0 unspecified atom stereocenters. The number of anilines is 2. The van der Waals surface area contributed by atoms with Crippen LogP contribution in [0.4, 0.5) is 11.4 Å². The molecular formula is C34H43ClN2O2. The number of nitrogen functional groups attached to an aromatic ring is 1. The van der Waals surface area contributed by atoms with Crippen LogP contribution >= 0.6 is 11.6 Å². The number of nitrogens with two attached hydrogens (primary N) is 1. The molecule has 4 aromatic rings. The van der Waals surface area contributed by atoms with E-state index >= 15 is 0 Å². The van der Waals surface area contributed by atoms with E-state index in [9.17, 15) is 0 Å². The third kappa shape index (κ3) is 11.7. The molecule has 0 bridgehead atoms. The summed E-state index contributed by atoms with van der Waals surface area (Å²) in [5.41, 5.74) is 12.6. The Labute approximate surface area is 240 Å². The number of nitrogens with one attached hydrogen (secondary N) is 1. The summed E-state index contributed by atoms with van der Waals surface area (Å²) in [6.07, 6.45) is 0. The molecule has 0 atom stereocenters. The van der Waals surface area contributed by atoms with E-state index in [0.29, 0.717) is 17.7 Å². The highest BCUT2D eigenvalue weighted by molar-refractivity contribution is 6.17. The smallest absolute Gasteiger partial charge is 0.118 e. The number of rotatable bonds is 8. The quantitative estimate of drug-likeness (QED) is 0.171. The molecule has 4 nitrogen and oxygen atoms in total. The molecule has 5 heteroatoms. The lowest BCUT2D eigenvalue weighted by Gasteiger charge is -2.09. The zero-order valence-corrected chi connectivity index (χ0v) is 24.8. The first-order chi connectivity index (χ1) is 18.7. The van der Waals surface area contributed by atoms with E-state index in [0.717, 1.165) is 35.0 Å². The van der Waals surface area contributed by atoms with E-state index in [-0.39, 0.29) is 0 Å². The molecule has 0 heterocycles. The number of methoxy groups -OCH3 is 2. The fourth-order valence-electron chi connectivity index (χ4n) is 3.53. The standard InChI is InChI=1S/C17H21NO.C9H13N.C8H9ClO/c1-13(2)15-6-8-16(9-7-15)18-12-14-4-10-17(19-3)11-5-14;1-7(2)8-3-5-9(10)6-4-8;1-10-8-4-2-7(6-9)3-5-8/h4-11,13,18H,12H2,1-3H3;3-7H,10H2,1-2H3;2-5H,6H2,1H3. The average molecular weight is 547 g/mol. The van der Waals surface area contributed by atoms with Crippen LogP contribution in [0.3, 0.4) is 0 Å². The first-order valence-electron chi connectivity index (χ1n) is 13.3. The van der Waals surface area contributed by atoms with Gasteiger partial charge in [-0.1, -0.05) is 76.2 Å². The van der Waals surface area contributed by atoms with Gasteiger partial charge in [-0.2, -0.15) is 0 Å². The first-order valence-corrected chi connectivity index (χ1v) is 13.8. The molecular weight excluding hydrogens is 504 g/mol. The van der Waals surface area contributed by atoms with Crippen molar-refractivity contribution in [2.45, 2.75) is 52.0 Å². The van der Waals surface area contributed by atoms with E-state index in [4.69, 9.17) is 26.8 Å². The number of benzene rings is 4. The Hall–Kier alpha value is -3.63. The van der Waals surface area contributed by atoms with E-state index < -0.39 is 0 Å². The Morgan fingerprint density at radius 1 is 0.615 bits per heavy atom. The second-order valence-corrected chi connectivity index (χ2v) is 10.0. The summed E-state index contributed by atoms with van der Waals surface area (Å²) in [5.74, 6) is 3.50. The van der Waals surface area contributed by atoms with Crippen LogP contribution in [-0.2, 0) is 12.4 Å². The summed E-state index contributed by atoms with van der Waals surface area (Å²) in [6.45, 7) is 9.58. The zero-order valence-electron chi connectivity index (χ0n) is 24.1. The highest BCUT2D eigenvalue weighted by atomic mass is 35.5. The van der Waals surface area contributed by atoms with Crippen molar-refractivity contribution in [3.63, 3.8) is 0 Å². The molecule has 0 radical (unpaired) electrons. The maximum atomic E-state index is 5.58. The van der Waals surface area contributed by atoms with Gasteiger partial charge in [0.2, 0.25) is 0 Å². The number of ether oxygens (including phenoxy) is 2. The highest BCUT2D eigenvalue weighted by Gasteiger charge is 1.99. The largest absolute Gasteiger partial charge is 0.497 e. The van der Waals surface area contributed by atoms with Crippen molar-refractivity contribution in [1.82, 2.24) is 0 Å². The third-order valence-corrected chi connectivity index (χ3v) is 6.46. The Morgan fingerprint density at radius 2 is 1.03 bits per heavy atom. The summed E-state index contributed by atoms with van der Waals surface area (Å²) >= 11 is 5.58. The summed E-state index contributed by atoms with van der Waals surface area (Å²) in [5, 5.41) is 3.42. The molecule has 0 aromatic heterocycles. The molecule has 0 aliphatic carbocycles. The van der Waals surface area contributed by atoms with E-state index in [1.165, 1.54) is 16.7 Å². The highest BCUT2D eigenvalue weighted by Crippen LogP contribution is 2.19. The minimum absolute atomic E-state index is 0.560. The van der Waals surface area contributed by atoms with E-state index in [1.807, 2.05) is 48.5 Å². The van der Waals surface area contributed by atoms with Crippen molar-refractivity contribution >= 4 is 23.0 Å². The van der Waals surface area contributed by atoms with Crippen molar-refractivity contribution < 1.29 is 9.47 Å². The van der Waals surface area contributed by atoms with Gasteiger partial charge in [0.25, 0.3) is 0 Å². The van der Waals surface area contributed by atoms with Crippen molar-refractivity contribution in [2.24, 2.45) is 0 Å². The first kappa shape index (κ1) is 31.6. The Bertz CT molecular complexity index is 1170. The normalized spacial score (nSPS) is 10.2. The molecule has 0 aliphatic rings. The van der Waals surface area contributed by atoms with Gasteiger partial charge < -0.3 is 20.5 Å². The molecule has 4 aromatic carbocycles. The van der Waals surface area contributed by atoms with Crippen LogP contribution in [0.2, 0.25) is 0 Å². The molecule has 0 saturated heterocycles. The van der Waals surface area contributed by atoms with Crippen molar-refractivity contribution in [3.8, 4) is 11.5 Å². The number of hydrogen-bond acceptors (Lipinski definition) is 4. The molecule has 0 aliphatic heterocycles. The van der Waals surface area contributed by atoms with E-state index in [2.05, 4.69) is 81.5 Å². The molecule has 0 fully saturated rings. The van der Waals surface area contributed by atoms with Crippen LogP contribution in [0.15, 0.2) is 97.1 Å². The van der Waals surface area contributed by atoms with Gasteiger partial charge in [-0.3, -0.25) is 0 Å². The summed E-state index contributed by atoms with van der Waals surface area (Å²) in [7, 11) is 3.33. The predicted molar refractivity (Wildman–Crippen MR) is 168 cm³/mol. The molecule has 0 saturated carbocycles. The van der Waals surface area contributed by atoms with Crippen LogP contribution in [-0.4, -0.2) is 14.2 Å². The summed E-state index contributed by atoms with van der Waals surface area (Å²) in [4.78, 5) is 0. The van der Waals surface area contributed by atoms with Crippen molar-refractivity contribution in [1.29, 1.82) is 0 Å². The second kappa shape index (κ2) is 17.1. The van der Waals surface area contributed by atoms with Gasteiger partial charge in [0.1, 0.15) is 11.5 Å². The van der Waals surface area contributed by atoms with Gasteiger partial charge >= 0.3 is 0 Å². The number of halogens is 1. The molecule has 0 spiro atoms. The number of alkyl halides is 1. The average Bonchev–Trinajstić information content (AvgIpc) is 2.97. The monoisotopic (exact) mass is 546 g/mol. The Morgan fingerprint density at radius 3 is 1.41 bits per heavy atom. The van der Waals surface area contributed by atoms with Crippen LogP contribution in [0, 0.1) is 0 Å². The van der Waals surface area contributed by atoms with Gasteiger partial charge in [-0.15, -0.1) is 11.6 Å².